The van der Waals surface area contributed by atoms with Gasteiger partial charge in [-0.05, 0) is 0 Å². The number of hydrogen-bond acceptors (Lipinski definition) is 3. The molecule has 3 nitrogen and oxygen atoms in total. The fourth-order valence-corrected chi connectivity index (χ4v) is 0.684. The van der Waals surface area contributed by atoms with E-state index in [0.717, 1.165) is 6.42 Å². The molecule has 0 radical (unpaired) electrons. The SMILES string of the molecule is CCC[O][V](=[O])=[O]. The van der Waals surface area contributed by atoms with Crippen LogP contribution in [0.1, 0.15) is 13.3 Å². The average Bonchev–Trinajstić information content (AvgIpc) is 1.61. The number of hydrogen-bond donors (Lipinski definition) is 0. The van der Waals surface area contributed by atoms with E-state index < -0.39 is 15.4 Å². The van der Waals surface area contributed by atoms with Crippen molar-refractivity contribution in [2.24, 2.45) is 0 Å². The fraction of sp³-hybridized carbons (Fsp3) is 1.00. The van der Waals surface area contributed by atoms with E-state index >= 15 is 0 Å². The first-order valence-corrected chi connectivity index (χ1v) is 3.75. The van der Waals surface area contributed by atoms with Gasteiger partial charge in [-0.15, -0.1) is 0 Å². The Morgan fingerprint density at radius 2 is 2.14 bits per heavy atom. The van der Waals surface area contributed by atoms with Crippen LogP contribution in [0.25, 0.3) is 0 Å². The van der Waals surface area contributed by atoms with Gasteiger partial charge in [0.25, 0.3) is 0 Å². The third kappa shape index (κ3) is 6.14. The quantitative estimate of drug-likeness (QED) is 0.580. The van der Waals surface area contributed by atoms with Gasteiger partial charge in [-0.3, -0.25) is 0 Å². The van der Waals surface area contributed by atoms with Crippen LogP contribution in [0, 0.1) is 0 Å². The van der Waals surface area contributed by atoms with E-state index in [-0.39, 0.29) is 0 Å². The second kappa shape index (κ2) is 4.31. The zero-order chi connectivity index (χ0) is 5.70. The van der Waals surface area contributed by atoms with Crippen LogP contribution in [0.4, 0.5) is 0 Å². The van der Waals surface area contributed by atoms with Crippen LogP contribution in [-0.2, 0) is 26.4 Å². The van der Waals surface area contributed by atoms with Crippen LogP contribution >= 0.6 is 0 Å². The van der Waals surface area contributed by atoms with Crippen molar-refractivity contribution in [2.45, 2.75) is 13.3 Å². The molecule has 0 atom stereocenters. The van der Waals surface area contributed by atoms with Crippen LogP contribution in [0.15, 0.2) is 0 Å². The van der Waals surface area contributed by atoms with Gasteiger partial charge in [0, 0.05) is 0 Å². The second-order valence-electron chi connectivity index (χ2n) is 1.06. The molecule has 0 fully saturated rings. The third-order valence-electron chi connectivity index (χ3n) is 0.401. The van der Waals surface area contributed by atoms with Crippen LogP contribution < -0.4 is 0 Å². The predicted molar refractivity (Wildman–Crippen MR) is 17.6 cm³/mol. The Morgan fingerprint density at radius 1 is 1.57 bits per heavy atom. The van der Waals surface area contributed by atoms with Crippen molar-refractivity contribution in [3.05, 3.63) is 0 Å². The van der Waals surface area contributed by atoms with Gasteiger partial charge in [0.05, 0.1) is 0 Å². The number of rotatable bonds is 3. The summed E-state index contributed by atoms with van der Waals surface area (Å²) in [6.07, 6.45) is 0.760. The maximum absolute atomic E-state index is 9.65. The van der Waals surface area contributed by atoms with Gasteiger partial charge in [-0.1, -0.05) is 0 Å². The normalized spacial score (nSPS) is 8.71. The van der Waals surface area contributed by atoms with Crippen LogP contribution in [0.2, 0.25) is 0 Å². The molecule has 0 amide bonds. The third-order valence-corrected chi connectivity index (χ3v) is 1.02. The summed E-state index contributed by atoms with van der Waals surface area (Å²) in [6, 6.07) is 0. The van der Waals surface area contributed by atoms with Gasteiger partial charge in [0.15, 0.2) is 0 Å². The van der Waals surface area contributed by atoms with Crippen molar-refractivity contribution in [1.29, 1.82) is 0 Å². The summed E-state index contributed by atoms with van der Waals surface area (Å²) in [5, 5.41) is 0. The monoisotopic (exact) mass is 142 g/mol. The molecular formula is C3H7O3V. The minimum atomic E-state index is -3.24. The molecule has 0 unspecified atom stereocenters. The molecule has 0 aliphatic rings. The molecule has 0 aromatic rings. The summed E-state index contributed by atoms with van der Waals surface area (Å²) < 4.78 is 23.5. The Labute approximate surface area is 47.0 Å². The summed E-state index contributed by atoms with van der Waals surface area (Å²) in [7, 11) is 0. The van der Waals surface area contributed by atoms with E-state index in [0.29, 0.717) is 6.61 Å². The van der Waals surface area contributed by atoms with Crippen molar-refractivity contribution in [3.63, 3.8) is 0 Å². The standard InChI is InChI=1S/C3H7O.2O.V/c1-2-3-4;;;/h2-3H2,1H3;;;/q-1;;;+1. The van der Waals surface area contributed by atoms with Crippen molar-refractivity contribution in [1.82, 2.24) is 0 Å². The van der Waals surface area contributed by atoms with Gasteiger partial charge in [-0.25, -0.2) is 0 Å². The van der Waals surface area contributed by atoms with E-state index in [1.165, 1.54) is 0 Å². The summed E-state index contributed by atoms with van der Waals surface area (Å²) in [5.41, 5.74) is 0. The van der Waals surface area contributed by atoms with Gasteiger partial charge in [0.2, 0.25) is 0 Å². The molecule has 0 aromatic carbocycles. The molecule has 0 rings (SSSR count). The first-order valence-electron chi connectivity index (χ1n) is 2.04. The van der Waals surface area contributed by atoms with E-state index in [1.54, 1.807) is 0 Å². The van der Waals surface area contributed by atoms with Crippen molar-refractivity contribution < 1.29 is 26.4 Å². The first-order chi connectivity index (χ1) is 3.27. The second-order valence-corrected chi connectivity index (χ2v) is 2.16. The molecule has 0 saturated carbocycles. The Kier molecular flexibility index (Phi) is 4.40. The summed E-state index contributed by atoms with van der Waals surface area (Å²) >= 11 is -3.24. The van der Waals surface area contributed by atoms with Gasteiger partial charge >= 0.3 is 46.4 Å². The van der Waals surface area contributed by atoms with Gasteiger partial charge in [0.1, 0.15) is 0 Å². The topological polar surface area (TPSA) is 43.4 Å². The zero-order valence-electron chi connectivity index (χ0n) is 4.09. The average molecular weight is 142 g/mol. The Hall–Kier alpha value is 0.144. The summed E-state index contributed by atoms with van der Waals surface area (Å²) in [4.78, 5) is 0. The molecule has 0 saturated heterocycles. The molecule has 0 bridgehead atoms. The Bertz CT molecular complexity index is 88.4. The molecule has 0 aliphatic carbocycles. The molecule has 0 aliphatic heterocycles. The molecule has 0 spiro atoms. The maximum atomic E-state index is 9.65. The van der Waals surface area contributed by atoms with Gasteiger partial charge in [-0.2, -0.15) is 0 Å². The summed E-state index contributed by atoms with van der Waals surface area (Å²) in [5.74, 6) is 0. The minimum absolute atomic E-state index is 0.340. The van der Waals surface area contributed by atoms with Crippen LogP contribution in [0.3, 0.4) is 0 Å². The molecule has 7 heavy (non-hydrogen) atoms. The van der Waals surface area contributed by atoms with Gasteiger partial charge < -0.3 is 0 Å². The Balaban J connectivity index is 2.98. The molecule has 0 heterocycles. The molecule has 4 heteroatoms. The van der Waals surface area contributed by atoms with E-state index in [4.69, 9.17) is 0 Å². The van der Waals surface area contributed by atoms with Crippen LogP contribution in [0.5, 0.6) is 0 Å². The molecule has 42 valence electrons. The zero-order valence-corrected chi connectivity index (χ0v) is 5.48. The molecule has 0 aromatic heterocycles. The molecular weight excluding hydrogens is 135 g/mol. The first kappa shape index (κ1) is 7.14. The van der Waals surface area contributed by atoms with Crippen molar-refractivity contribution in [2.75, 3.05) is 6.61 Å². The van der Waals surface area contributed by atoms with E-state index in [2.05, 4.69) is 3.66 Å². The van der Waals surface area contributed by atoms with Crippen LogP contribution in [-0.4, -0.2) is 6.61 Å². The van der Waals surface area contributed by atoms with Crippen molar-refractivity contribution >= 4 is 0 Å². The van der Waals surface area contributed by atoms with E-state index in [1.807, 2.05) is 6.92 Å². The van der Waals surface area contributed by atoms with E-state index in [9.17, 15) is 7.35 Å². The fourth-order valence-electron chi connectivity index (χ4n) is 0.166. The predicted octanol–water partition coefficient (Wildman–Crippen LogP) is 0.637. The molecule has 0 N–H and O–H groups in total. The Morgan fingerprint density at radius 3 is 2.29 bits per heavy atom. The van der Waals surface area contributed by atoms with Crippen molar-refractivity contribution in [3.8, 4) is 0 Å². The summed E-state index contributed by atoms with van der Waals surface area (Å²) in [6.45, 7) is 2.20.